The number of phenols is 1. The molecule has 0 radical (unpaired) electrons. The van der Waals surface area contributed by atoms with E-state index in [1.54, 1.807) is 11.0 Å². The highest BCUT2D eigenvalue weighted by molar-refractivity contribution is 5.97. The highest BCUT2D eigenvalue weighted by atomic mass is 16.6. The fraction of sp³-hybridized carbons (Fsp3) is 0.481. The van der Waals surface area contributed by atoms with Crippen LogP contribution in [-0.2, 0) is 15.1 Å². The van der Waals surface area contributed by atoms with Gasteiger partial charge in [0.2, 0.25) is 0 Å². The van der Waals surface area contributed by atoms with Crippen LogP contribution in [0.4, 0.5) is 16.2 Å². The number of β-amino-alcohol motifs (C(OH)–C–C–N with tert-alkyl or cyclic N) is 1. The number of rotatable bonds is 9. The molecule has 0 aromatic heterocycles. The summed E-state index contributed by atoms with van der Waals surface area (Å²) in [6.45, 7) is 4.69. The van der Waals surface area contributed by atoms with Crippen molar-refractivity contribution in [3.63, 3.8) is 0 Å². The summed E-state index contributed by atoms with van der Waals surface area (Å²) in [6.07, 6.45) is 2.83. The molecule has 9 nitrogen and oxygen atoms in total. The number of hydrogen-bond donors (Lipinski definition) is 4. The number of aliphatic hydroxyl groups excluding tert-OH is 1. The van der Waals surface area contributed by atoms with E-state index < -0.39 is 11.7 Å². The van der Waals surface area contributed by atoms with Gasteiger partial charge in [0, 0.05) is 29.8 Å². The lowest BCUT2D eigenvalue weighted by Crippen LogP contribution is -2.47. The van der Waals surface area contributed by atoms with E-state index in [1.165, 1.54) is 6.07 Å². The summed E-state index contributed by atoms with van der Waals surface area (Å²) in [5.41, 5.74) is 1.87. The number of carbonyl (C=O) groups excluding carboxylic acids is 2. The predicted octanol–water partition coefficient (Wildman–Crippen LogP) is 3.94. The topological polar surface area (TPSA) is 120 Å². The number of benzene rings is 2. The first kappa shape index (κ1) is 24.4. The fourth-order valence-electron chi connectivity index (χ4n) is 5.31. The second-order valence-corrected chi connectivity index (χ2v) is 9.88. The molecular weight excluding hydrogens is 462 g/mol. The van der Waals surface area contributed by atoms with Crippen LogP contribution in [0.15, 0.2) is 36.4 Å². The molecule has 0 spiro atoms. The van der Waals surface area contributed by atoms with Gasteiger partial charge in [-0.1, -0.05) is 32.0 Å². The molecule has 36 heavy (non-hydrogen) atoms. The van der Waals surface area contributed by atoms with Crippen LogP contribution >= 0.6 is 0 Å². The van der Waals surface area contributed by atoms with Crippen molar-refractivity contribution in [3.05, 3.63) is 47.5 Å². The number of aliphatic hydroxyl groups is 1. The van der Waals surface area contributed by atoms with Crippen molar-refractivity contribution in [2.45, 2.75) is 63.2 Å². The molecule has 4 N–H and O–H groups in total. The van der Waals surface area contributed by atoms with Crippen molar-refractivity contribution >= 4 is 23.4 Å². The number of hydrogen-bond acceptors (Lipinski definition) is 7. The summed E-state index contributed by atoms with van der Waals surface area (Å²) in [4.78, 5) is 26.4. The van der Waals surface area contributed by atoms with Crippen molar-refractivity contribution < 1.29 is 29.3 Å². The first-order chi connectivity index (χ1) is 17.3. The van der Waals surface area contributed by atoms with Crippen LogP contribution in [0.2, 0.25) is 0 Å². The molecule has 1 fully saturated rings. The standard InChI is InChI=1S/C27H33N3O6/c1-3-27(4-2)18-7-5-6-8-19(18)30(25(34)36-27)14-13-26(11-12-26)28-15-21(32)17-9-10-20(31)23-24(17)35-16-22(33)29-23/h5-10,21,28,31-32H,3-4,11-16H2,1-2H3,(H,29,33). The van der Waals surface area contributed by atoms with Gasteiger partial charge in [-0.15, -0.1) is 0 Å². The molecular formula is C27H33N3O6. The number of fused-ring (bicyclic) bond motifs is 2. The first-order valence-corrected chi connectivity index (χ1v) is 12.6. The second kappa shape index (κ2) is 9.29. The van der Waals surface area contributed by atoms with Crippen LogP contribution in [0, 0.1) is 0 Å². The number of ether oxygens (including phenoxy) is 2. The molecule has 9 heteroatoms. The van der Waals surface area contributed by atoms with E-state index in [-0.39, 0.29) is 47.9 Å². The number of para-hydroxylation sites is 1. The SMILES string of the molecule is CCC1(CC)OC(=O)N(CCC2(NCC(O)c3ccc(O)c4c3OCC(=O)N4)CC2)c2ccccc21. The molecule has 0 saturated heterocycles. The Labute approximate surface area is 210 Å². The number of cyclic esters (lactones) is 1. The van der Waals surface area contributed by atoms with E-state index in [0.717, 1.165) is 36.9 Å². The summed E-state index contributed by atoms with van der Waals surface area (Å²) in [7, 11) is 0. The van der Waals surface area contributed by atoms with Crippen LogP contribution in [0.5, 0.6) is 11.5 Å². The number of carbonyl (C=O) groups is 2. The van der Waals surface area contributed by atoms with E-state index in [4.69, 9.17) is 9.47 Å². The number of nitrogens with one attached hydrogen (secondary N) is 2. The van der Waals surface area contributed by atoms with Crippen molar-refractivity contribution in [3.8, 4) is 11.5 Å². The Morgan fingerprint density at radius 3 is 2.61 bits per heavy atom. The fourth-order valence-corrected chi connectivity index (χ4v) is 5.31. The quantitative estimate of drug-likeness (QED) is 0.389. The summed E-state index contributed by atoms with van der Waals surface area (Å²) in [6, 6.07) is 11.0. The number of anilines is 2. The van der Waals surface area contributed by atoms with E-state index in [9.17, 15) is 19.8 Å². The third-order valence-corrected chi connectivity index (χ3v) is 7.81. The monoisotopic (exact) mass is 495 g/mol. The maximum atomic E-state index is 13.0. The average molecular weight is 496 g/mol. The third-order valence-electron chi connectivity index (χ3n) is 7.81. The number of phenolic OH excluding ortho intramolecular Hbond substituents is 1. The summed E-state index contributed by atoms with van der Waals surface area (Å²) < 4.78 is 11.5. The third kappa shape index (κ3) is 4.26. The average Bonchev–Trinajstić information content (AvgIpc) is 3.67. The summed E-state index contributed by atoms with van der Waals surface area (Å²) in [5.74, 6) is -0.173. The van der Waals surface area contributed by atoms with Crippen LogP contribution in [0.1, 0.15) is 63.2 Å². The van der Waals surface area contributed by atoms with Crippen molar-refractivity contribution in [1.82, 2.24) is 5.32 Å². The molecule has 3 aliphatic rings. The number of nitrogens with zero attached hydrogens (tertiary/aromatic N) is 1. The molecule has 2 aromatic rings. The zero-order valence-corrected chi connectivity index (χ0v) is 20.7. The van der Waals surface area contributed by atoms with Gasteiger partial charge in [-0.3, -0.25) is 9.69 Å². The lowest BCUT2D eigenvalue weighted by atomic mass is 9.85. The van der Waals surface area contributed by atoms with Gasteiger partial charge in [-0.05, 0) is 50.3 Å². The smallest absolute Gasteiger partial charge is 0.415 e. The van der Waals surface area contributed by atoms with E-state index in [0.29, 0.717) is 18.5 Å². The van der Waals surface area contributed by atoms with Gasteiger partial charge in [0.05, 0.1) is 11.8 Å². The molecule has 1 saturated carbocycles. The van der Waals surface area contributed by atoms with Gasteiger partial charge >= 0.3 is 6.09 Å². The van der Waals surface area contributed by atoms with Crippen molar-refractivity contribution in [1.29, 1.82) is 0 Å². The number of aromatic hydroxyl groups is 1. The molecule has 2 amide bonds. The molecule has 2 aliphatic heterocycles. The highest BCUT2D eigenvalue weighted by Crippen LogP contribution is 2.46. The van der Waals surface area contributed by atoms with Crippen LogP contribution in [0.25, 0.3) is 0 Å². The maximum Gasteiger partial charge on any atom is 0.415 e. The Hall–Kier alpha value is -3.30. The second-order valence-electron chi connectivity index (χ2n) is 9.88. The Morgan fingerprint density at radius 2 is 1.89 bits per heavy atom. The molecule has 2 heterocycles. The van der Waals surface area contributed by atoms with Gasteiger partial charge in [0.1, 0.15) is 17.0 Å². The summed E-state index contributed by atoms with van der Waals surface area (Å²) >= 11 is 0. The predicted molar refractivity (Wildman–Crippen MR) is 134 cm³/mol. The van der Waals surface area contributed by atoms with E-state index in [1.807, 2.05) is 38.1 Å². The first-order valence-electron chi connectivity index (χ1n) is 12.6. The van der Waals surface area contributed by atoms with Crippen LogP contribution in [-0.4, -0.2) is 47.4 Å². The molecule has 5 rings (SSSR count). The Kier molecular flexibility index (Phi) is 6.30. The minimum Gasteiger partial charge on any atom is -0.506 e. The van der Waals surface area contributed by atoms with E-state index in [2.05, 4.69) is 10.6 Å². The lowest BCUT2D eigenvalue weighted by Gasteiger charge is -2.42. The van der Waals surface area contributed by atoms with Crippen molar-refractivity contribution in [2.24, 2.45) is 0 Å². The molecule has 192 valence electrons. The lowest BCUT2D eigenvalue weighted by molar-refractivity contribution is -0.118. The van der Waals surface area contributed by atoms with Gasteiger partial charge in [0.25, 0.3) is 5.91 Å². The Balaban J connectivity index is 1.26. The largest absolute Gasteiger partial charge is 0.506 e. The Morgan fingerprint density at radius 1 is 1.14 bits per heavy atom. The van der Waals surface area contributed by atoms with Gasteiger partial charge in [-0.25, -0.2) is 4.79 Å². The summed E-state index contributed by atoms with van der Waals surface area (Å²) in [5, 5.41) is 27.0. The zero-order chi connectivity index (χ0) is 25.5. The minimum absolute atomic E-state index is 0.107. The molecule has 1 atom stereocenters. The van der Waals surface area contributed by atoms with Crippen molar-refractivity contribution in [2.75, 3.05) is 29.9 Å². The molecule has 1 unspecified atom stereocenters. The normalized spacial score (nSPS) is 19.9. The Bertz CT molecular complexity index is 1170. The number of amides is 2. The zero-order valence-electron chi connectivity index (χ0n) is 20.7. The molecule has 1 aliphatic carbocycles. The minimum atomic E-state index is -0.901. The highest BCUT2D eigenvalue weighted by Gasteiger charge is 2.46. The molecule has 2 aromatic carbocycles. The van der Waals surface area contributed by atoms with Gasteiger partial charge < -0.3 is 30.3 Å². The van der Waals surface area contributed by atoms with Crippen LogP contribution in [0.3, 0.4) is 0 Å². The molecule has 0 bridgehead atoms. The van der Waals surface area contributed by atoms with Crippen LogP contribution < -0.4 is 20.3 Å². The van der Waals surface area contributed by atoms with Gasteiger partial charge in [0.15, 0.2) is 12.4 Å². The van der Waals surface area contributed by atoms with E-state index >= 15 is 0 Å². The maximum absolute atomic E-state index is 13.0. The van der Waals surface area contributed by atoms with Gasteiger partial charge in [-0.2, -0.15) is 0 Å².